The van der Waals surface area contributed by atoms with E-state index in [4.69, 9.17) is 16.3 Å². The van der Waals surface area contributed by atoms with Crippen molar-refractivity contribution < 1.29 is 4.74 Å². The van der Waals surface area contributed by atoms with Crippen LogP contribution in [-0.2, 0) is 6.54 Å². The van der Waals surface area contributed by atoms with Gasteiger partial charge in [0.15, 0.2) is 0 Å². The van der Waals surface area contributed by atoms with Crippen molar-refractivity contribution >= 4 is 17.3 Å². The Bertz CT molecular complexity index is 565. The second kappa shape index (κ2) is 9.46. The molecular formula is C20H26ClNO. The average molecular weight is 332 g/mol. The third kappa shape index (κ3) is 5.80. The maximum absolute atomic E-state index is 5.99. The molecule has 0 N–H and O–H groups in total. The minimum Gasteiger partial charge on any atom is -0.497 e. The topological polar surface area (TPSA) is 12.5 Å². The number of unbranched alkanes of at least 4 members (excludes halogenated alkanes) is 3. The van der Waals surface area contributed by atoms with Crippen molar-refractivity contribution in [2.75, 3.05) is 18.6 Å². The van der Waals surface area contributed by atoms with Gasteiger partial charge in [-0.05, 0) is 48.4 Å². The van der Waals surface area contributed by atoms with E-state index in [1.165, 1.54) is 36.9 Å². The quantitative estimate of drug-likeness (QED) is 0.527. The predicted molar refractivity (Wildman–Crippen MR) is 99.6 cm³/mol. The summed E-state index contributed by atoms with van der Waals surface area (Å²) in [6, 6.07) is 16.4. The van der Waals surface area contributed by atoms with Crippen LogP contribution in [0.1, 0.15) is 38.2 Å². The molecule has 0 spiro atoms. The third-order valence-electron chi connectivity index (χ3n) is 4.01. The predicted octanol–water partition coefficient (Wildman–Crippen LogP) is 5.94. The van der Waals surface area contributed by atoms with Crippen LogP contribution in [0.4, 0.5) is 5.69 Å². The summed E-state index contributed by atoms with van der Waals surface area (Å²) < 4.78 is 5.26. The molecular weight excluding hydrogens is 306 g/mol. The molecule has 23 heavy (non-hydrogen) atoms. The summed E-state index contributed by atoms with van der Waals surface area (Å²) in [6.07, 6.45) is 5.06. The van der Waals surface area contributed by atoms with Gasteiger partial charge in [0.05, 0.1) is 7.11 Å². The normalized spacial score (nSPS) is 10.6. The Morgan fingerprint density at radius 1 is 0.913 bits per heavy atom. The second-order valence-electron chi connectivity index (χ2n) is 5.81. The first-order valence-corrected chi connectivity index (χ1v) is 8.74. The molecule has 2 rings (SSSR count). The molecule has 0 aliphatic rings. The molecule has 2 aromatic rings. The molecule has 0 aromatic heterocycles. The van der Waals surface area contributed by atoms with Gasteiger partial charge in [0, 0.05) is 23.8 Å². The fourth-order valence-corrected chi connectivity index (χ4v) is 2.76. The lowest BCUT2D eigenvalue weighted by Gasteiger charge is -2.25. The van der Waals surface area contributed by atoms with E-state index in [2.05, 4.69) is 36.1 Å². The van der Waals surface area contributed by atoms with E-state index in [9.17, 15) is 0 Å². The first-order chi connectivity index (χ1) is 11.2. The van der Waals surface area contributed by atoms with E-state index < -0.39 is 0 Å². The first-order valence-electron chi connectivity index (χ1n) is 8.36. The van der Waals surface area contributed by atoms with Gasteiger partial charge in [-0.25, -0.2) is 0 Å². The number of methoxy groups -OCH3 is 1. The van der Waals surface area contributed by atoms with E-state index in [0.717, 1.165) is 23.9 Å². The van der Waals surface area contributed by atoms with Crippen molar-refractivity contribution in [2.45, 2.75) is 39.2 Å². The van der Waals surface area contributed by atoms with Gasteiger partial charge in [-0.1, -0.05) is 49.9 Å². The van der Waals surface area contributed by atoms with Crippen molar-refractivity contribution in [3.8, 4) is 5.75 Å². The van der Waals surface area contributed by atoms with Crippen LogP contribution in [0.3, 0.4) is 0 Å². The first kappa shape index (κ1) is 17.7. The number of hydrogen-bond donors (Lipinski definition) is 0. The number of anilines is 1. The Morgan fingerprint density at radius 2 is 1.61 bits per heavy atom. The molecule has 0 amide bonds. The fraction of sp³-hybridized carbons (Fsp3) is 0.400. The Kier molecular flexibility index (Phi) is 7.28. The Labute approximate surface area is 145 Å². The number of hydrogen-bond acceptors (Lipinski definition) is 2. The molecule has 3 heteroatoms. The lowest BCUT2D eigenvalue weighted by Crippen LogP contribution is -2.23. The van der Waals surface area contributed by atoms with Crippen LogP contribution in [0.5, 0.6) is 5.75 Å². The summed E-state index contributed by atoms with van der Waals surface area (Å²) in [4.78, 5) is 2.43. The van der Waals surface area contributed by atoms with Crippen molar-refractivity contribution in [1.29, 1.82) is 0 Å². The summed E-state index contributed by atoms with van der Waals surface area (Å²) in [7, 11) is 1.70. The molecule has 0 fully saturated rings. The number of benzene rings is 2. The van der Waals surface area contributed by atoms with Crippen LogP contribution >= 0.6 is 11.6 Å². The van der Waals surface area contributed by atoms with Gasteiger partial charge in [0.2, 0.25) is 0 Å². The summed E-state index contributed by atoms with van der Waals surface area (Å²) in [5, 5.41) is 0.785. The van der Waals surface area contributed by atoms with Gasteiger partial charge in [-0.15, -0.1) is 0 Å². The number of halogens is 1. The smallest absolute Gasteiger partial charge is 0.119 e. The van der Waals surface area contributed by atoms with E-state index in [1.807, 2.05) is 24.3 Å². The summed E-state index contributed by atoms with van der Waals surface area (Å²) in [6.45, 7) is 4.21. The molecule has 0 unspecified atom stereocenters. The largest absolute Gasteiger partial charge is 0.497 e. The van der Waals surface area contributed by atoms with Crippen LogP contribution < -0.4 is 9.64 Å². The Morgan fingerprint density at radius 3 is 2.22 bits per heavy atom. The molecule has 2 nitrogen and oxygen atoms in total. The molecule has 0 aliphatic carbocycles. The van der Waals surface area contributed by atoms with Crippen LogP contribution in [0.25, 0.3) is 0 Å². The Balaban J connectivity index is 2.07. The van der Waals surface area contributed by atoms with Gasteiger partial charge in [0.25, 0.3) is 0 Å². The zero-order valence-corrected chi connectivity index (χ0v) is 14.9. The highest BCUT2D eigenvalue weighted by Gasteiger charge is 2.08. The van der Waals surface area contributed by atoms with E-state index in [-0.39, 0.29) is 0 Å². The van der Waals surface area contributed by atoms with Crippen molar-refractivity contribution in [3.05, 3.63) is 59.1 Å². The molecule has 0 atom stereocenters. The number of ether oxygens (including phenoxy) is 1. The molecule has 0 bridgehead atoms. The van der Waals surface area contributed by atoms with Crippen LogP contribution in [0.2, 0.25) is 5.02 Å². The van der Waals surface area contributed by atoms with Crippen LogP contribution in [0, 0.1) is 0 Å². The lowest BCUT2D eigenvalue weighted by atomic mass is 10.1. The second-order valence-corrected chi connectivity index (χ2v) is 6.24. The molecule has 0 aliphatic heterocycles. The van der Waals surface area contributed by atoms with E-state index >= 15 is 0 Å². The van der Waals surface area contributed by atoms with E-state index in [1.54, 1.807) is 7.11 Å². The van der Waals surface area contributed by atoms with Gasteiger partial charge < -0.3 is 9.64 Å². The lowest BCUT2D eigenvalue weighted by molar-refractivity contribution is 0.415. The molecule has 0 saturated heterocycles. The minimum absolute atomic E-state index is 0.785. The van der Waals surface area contributed by atoms with Gasteiger partial charge in [-0.3, -0.25) is 0 Å². The highest BCUT2D eigenvalue weighted by molar-refractivity contribution is 6.30. The molecule has 2 aromatic carbocycles. The highest BCUT2D eigenvalue weighted by atomic mass is 35.5. The van der Waals surface area contributed by atoms with Gasteiger partial charge in [0.1, 0.15) is 5.75 Å². The van der Waals surface area contributed by atoms with Crippen molar-refractivity contribution in [2.24, 2.45) is 0 Å². The monoisotopic (exact) mass is 331 g/mol. The van der Waals surface area contributed by atoms with Crippen LogP contribution in [-0.4, -0.2) is 13.7 Å². The highest BCUT2D eigenvalue weighted by Crippen LogP contribution is 2.22. The summed E-state index contributed by atoms with van der Waals surface area (Å²) in [5.41, 5.74) is 2.51. The SMILES string of the molecule is CCCCCCN(Cc1ccc(Cl)cc1)c1ccc(OC)cc1. The van der Waals surface area contributed by atoms with E-state index in [0.29, 0.717) is 0 Å². The van der Waals surface area contributed by atoms with Crippen LogP contribution in [0.15, 0.2) is 48.5 Å². The number of nitrogens with zero attached hydrogens (tertiary/aromatic N) is 1. The molecule has 0 heterocycles. The fourth-order valence-electron chi connectivity index (χ4n) is 2.63. The van der Waals surface area contributed by atoms with Crippen molar-refractivity contribution in [1.82, 2.24) is 0 Å². The molecule has 0 saturated carbocycles. The summed E-state index contributed by atoms with van der Waals surface area (Å²) >= 11 is 5.99. The average Bonchev–Trinajstić information content (AvgIpc) is 2.59. The summed E-state index contributed by atoms with van der Waals surface area (Å²) in [5.74, 6) is 0.895. The zero-order chi connectivity index (χ0) is 16.5. The standard InChI is InChI=1S/C20H26ClNO/c1-3-4-5-6-15-22(16-17-7-9-18(21)10-8-17)19-11-13-20(23-2)14-12-19/h7-14H,3-6,15-16H2,1-2H3. The zero-order valence-electron chi connectivity index (χ0n) is 14.1. The molecule has 124 valence electrons. The number of rotatable bonds is 9. The minimum atomic E-state index is 0.785. The van der Waals surface area contributed by atoms with Gasteiger partial charge >= 0.3 is 0 Å². The van der Waals surface area contributed by atoms with Crippen molar-refractivity contribution in [3.63, 3.8) is 0 Å². The third-order valence-corrected chi connectivity index (χ3v) is 4.26. The van der Waals surface area contributed by atoms with Gasteiger partial charge in [-0.2, -0.15) is 0 Å². The Hall–Kier alpha value is -1.67. The molecule has 0 radical (unpaired) electrons. The maximum Gasteiger partial charge on any atom is 0.119 e. The maximum atomic E-state index is 5.99.